The van der Waals surface area contributed by atoms with E-state index in [-0.39, 0.29) is 55.1 Å². The standard InChI is InChI=1S/C22H19N5O6/c23-10-9-20(29)25-15-5-3-14(4-6-15)13-24-19(28)2-1-11-26-21(30)17-8-7-16(27(32)33)12-18(17)22(26)31/h3-8,12H,1-2,9,11,13H2,(H,24,28)(H,25,29). The molecule has 0 unspecified atom stereocenters. The maximum Gasteiger partial charge on any atom is 0.270 e. The van der Waals surface area contributed by atoms with E-state index < -0.39 is 22.6 Å². The van der Waals surface area contributed by atoms with Gasteiger partial charge in [0.2, 0.25) is 11.8 Å². The zero-order valence-corrected chi connectivity index (χ0v) is 17.4. The highest BCUT2D eigenvalue weighted by molar-refractivity contribution is 6.21. The van der Waals surface area contributed by atoms with Gasteiger partial charge in [0.25, 0.3) is 17.5 Å². The maximum absolute atomic E-state index is 12.4. The Hall–Kier alpha value is -4.59. The maximum atomic E-state index is 12.4. The van der Waals surface area contributed by atoms with Crippen LogP contribution in [0.3, 0.4) is 0 Å². The Balaban J connectivity index is 1.45. The van der Waals surface area contributed by atoms with Crippen LogP contribution >= 0.6 is 0 Å². The van der Waals surface area contributed by atoms with Crippen molar-refractivity contribution < 1.29 is 24.1 Å². The number of anilines is 1. The Morgan fingerprint density at radius 2 is 1.73 bits per heavy atom. The van der Waals surface area contributed by atoms with Crippen LogP contribution in [-0.2, 0) is 16.1 Å². The number of rotatable bonds is 9. The summed E-state index contributed by atoms with van der Waals surface area (Å²) in [6.45, 7) is 0.270. The number of nitrogens with one attached hydrogen (secondary N) is 2. The van der Waals surface area contributed by atoms with Crippen molar-refractivity contribution in [1.82, 2.24) is 10.2 Å². The molecule has 168 valence electrons. The zero-order valence-electron chi connectivity index (χ0n) is 17.4. The molecule has 0 saturated carbocycles. The number of nitriles is 1. The molecular weight excluding hydrogens is 430 g/mol. The molecule has 1 aliphatic heterocycles. The Morgan fingerprint density at radius 1 is 1.03 bits per heavy atom. The molecule has 3 rings (SSSR count). The van der Waals surface area contributed by atoms with Crippen LogP contribution in [0.5, 0.6) is 0 Å². The zero-order chi connectivity index (χ0) is 24.0. The third-order valence-corrected chi connectivity index (χ3v) is 4.92. The lowest BCUT2D eigenvalue weighted by Gasteiger charge is -2.13. The second-order valence-corrected chi connectivity index (χ2v) is 7.21. The van der Waals surface area contributed by atoms with Gasteiger partial charge in [-0.3, -0.25) is 34.2 Å². The van der Waals surface area contributed by atoms with Crippen LogP contribution in [0.2, 0.25) is 0 Å². The van der Waals surface area contributed by atoms with Crippen LogP contribution in [-0.4, -0.2) is 40.0 Å². The van der Waals surface area contributed by atoms with Crippen molar-refractivity contribution in [2.45, 2.75) is 25.8 Å². The fraction of sp³-hybridized carbons (Fsp3) is 0.227. The van der Waals surface area contributed by atoms with Crippen LogP contribution in [0.25, 0.3) is 0 Å². The summed E-state index contributed by atoms with van der Waals surface area (Å²) in [6.07, 6.45) is 0.0809. The van der Waals surface area contributed by atoms with Gasteiger partial charge in [0, 0.05) is 37.3 Å². The lowest BCUT2D eigenvalue weighted by Crippen LogP contribution is -2.32. The van der Waals surface area contributed by atoms with E-state index in [1.54, 1.807) is 30.3 Å². The second kappa shape index (κ2) is 10.1. The number of imide groups is 1. The molecule has 0 aromatic heterocycles. The smallest absolute Gasteiger partial charge is 0.270 e. The summed E-state index contributed by atoms with van der Waals surface area (Å²) in [5.74, 6) is -1.82. The summed E-state index contributed by atoms with van der Waals surface area (Å²) in [5, 5.41) is 24.7. The molecule has 2 N–H and O–H groups in total. The highest BCUT2D eigenvalue weighted by Crippen LogP contribution is 2.27. The van der Waals surface area contributed by atoms with Crippen molar-refractivity contribution >= 4 is 35.0 Å². The van der Waals surface area contributed by atoms with Gasteiger partial charge in [-0.05, 0) is 30.2 Å². The molecule has 33 heavy (non-hydrogen) atoms. The van der Waals surface area contributed by atoms with E-state index in [9.17, 15) is 29.3 Å². The van der Waals surface area contributed by atoms with Gasteiger partial charge in [0.15, 0.2) is 0 Å². The van der Waals surface area contributed by atoms with E-state index in [0.717, 1.165) is 16.5 Å². The number of carbonyl (C=O) groups excluding carboxylic acids is 4. The predicted octanol–water partition coefficient (Wildman–Crippen LogP) is 2.14. The molecule has 0 saturated heterocycles. The van der Waals surface area contributed by atoms with Gasteiger partial charge in [0.05, 0.1) is 22.1 Å². The van der Waals surface area contributed by atoms with E-state index in [0.29, 0.717) is 5.69 Å². The fourth-order valence-electron chi connectivity index (χ4n) is 3.27. The minimum atomic E-state index is -0.636. The third-order valence-electron chi connectivity index (χ3n) is 4.92. The molecular formula is C22H19N5O6. The molecule has 2 aromatic rings. The molecule has 1 aliphatic rings. The van der Waals surface area contributed by atoms with Crippen molar-refractivity contribution in [3.8, 4) is 6.07 Å². The first-order valence-corrected chi connectivity index (χ1v) is 9.97. The quantitative estimate of drug-likeness (QED) is 0.336. The minimum Gasteiger partial charge on any atom is -0.352 e. The van der Waals surface area contributed by atoms with E-state index in [4.69, 9.17) is 5.26 Å². The SMILES string of the molecule is N#CCC(=O)Nc1ccc(CNC(=O)CCCN2C(=O)c3ccc([N+](=O)[O-])cc3C2=O)cc1. The van der Waals surface area contributed by atoms with Gasteiger partial charge in [0.1, 0.15) is 6.42 Å². The lowest BCUT2D eigenvalue weighted by molar-refractivity contribution is -0.384. The molecule has 2 aromatic carbocycles. The topological polar surface area (TPSA) is 163 Å². The van der Waals surface area contributed by atoms with Crippen LogP contribution in [0, 0.1) is 21.4 Å². The van der Waals surface area contributed by atoms with Crippen molar-refractivity contribution in [2.75, 3.05) is 11.9 Å². The number of hydrogen-bond acceptors (Lipinski definition) is 7. The number of benzene rings is 2. The van der Waals surface area contributed by atoms with E-state index in [1.807, 2.05) is 0 Å². The first-order chi connectivity index (χ1) is 15.8. The van der Waals surface area contributed by atoms with E-state index in [1.165, 1.54) is 12.1 Å². The van der Waals surface area contributed by atoms with Crippen LogP contribution < -0.4 is 10.6 Å². The largest absolute Gasteiger partial charge is 0.352 e. The third kappa shape index (κ3) is 5.56. The van der Waals surface area contributed by atoms with Crippen molar-refractivity contribution in [1.29, 1.82) is 5.26 Å². The monoisotopic (exact) mass is 449 g/mol. The number of non-ortho nitro benzene ring substituents is 1. The fourth-order valence-corrected chi connectivity index (χ4v) is 3.27. The van der Waals surface area contributed by atoms with Crippen LogP contribution in [0.15, 0.2) is 42.5 Å². The predicted molar refractivity (Wildman–Crippen MR) is 115 cm³/mol. The van der Waals surface area contributed by atoms with E-state index >= 15 is 0 Å². The molecule has 0 aliphatic carbocycles. The molecule has 0 fully saturated rings. The summed E-state index contributed by atoms with van der Waals surface area (Å²) in [6, 6.07) is 12.0. The summed E-state index contributed by atoms with van der Waals surface area (Å²) in [7, 11) is 0. The van der Waals surface area contributed by atoms with Crippen molar-refractivity contribution in [3.63, 3.8) is 0 Å². The average Bonchev–Trinajstić information content (AvgIpc) is 3.03. The Bertz CT molecular complexity index is 1170. The molecule has 11 heteroatoms. The van der Waals surface area contributed by atoms with Gasteiger partial charge in [-0.2, -0.15) is 5.26 Å². The van der Waals surface area contributed by atoms with Gasteiger partial charge in [-0.1, -0.05) is 12.1 Å². The van der Waals surface area contributed by atoms with Gasteiger partial charge in [-0.15, -0.1) is 0 Å². The van der Waals surface area contributed by atoms with E-state index in [2.05, 4.69) is 10.6 Å². The number of nitro benzene ring substituents is 1. The average molecular weight is 449 g/mol. The molecule has 0 radical (unpaired) electrons. The number of amides is 4. The van der Waals surface area contributed by atoms with Crippen molar-refractivity contribution in [2.24, 2.45) is 0 Å². The number of nitro groups is 1. The summed E-state index contributed by atoms with van der Waals surface area (Å²) in [4.78, 5) is 59.6. The first kappa shape index (κ1) is 23.1. The molecule has 0 atom stereocenters. The summed E-state index contributed by atoms with van der Waals surface area (Å²) < 4.78 is 0. The minimum absolute atomic E-state index is 0.00841. The first-order valence-electron chi connectivity index (χ1n) is 9.97. The second-order valence-electron chi connectivity index (χ2n) is 7.21. The highest BCUT2D eigenvalue weighted by Gasteiger charge is 2.36. The van der Waals surface area contributed by atoms with Crippen molar-refractivity contribution in [3.05, 3.63) is 69.3 Å². The molecule has 0 bridgehead atoms. The summed E-state index contributed by atoms with van der Waals surface area (Å²) >= 11 is 0. The number of carbonyl (C=O) groups is 4. The summed E-state index contributed by atoms with van der Waals surface area (Å²) in [5.41, 5.74) is 1.17. The van der Waals surface area contributed by atoms with Crippen LogP contribution in [0.4, 0.5) is 11.4 Å². The Morgan fingerprint density at radius 3 is 2.39 bits per heavy atom. The Kier molecular flexibility index (Phi) is 7.10. The van der Waals surface area contributed by atoms with Gasteiger partial charge < -0.3 is 10.6 Å². The van der Waals surface area contributed by atoms with Crippen LogP contribution in [0.1, 0.15) is 45.5 Å². The number of nitrogens with zero attached hydrogens (tertiary/aromatic N) is 3. The molecule has 11 nitrogen and oxygen atoms in total. The lowest BCUT2D eigenvalue weighted by atomic mass is 10.1. The van der Waals surface area contributed by atoms with Gasteiger partial charge >= 0.3 is 0 Å². The molecule has 0 spiro atoms. The highest BCUT2D eigenvalue weighted by atomic mass is 16.6. The Labute approximate surface area is 188 Å². The number of fused-ring (bicyclic) bond motifs is 1. The van der Waals surface area contributed by atoms with Gasteiger partial charge in [-0.25, -0.2) is 0 Å². The normalized spacial score (nSPS) is 12.2. The number of hydrogen-bond donors (Lipinski definition) is 2. The molecule has 4 amide bonds. The molecule has 1 heterocycles.